The average Bonchev–Trinajstić information content (AvgIpc) is 2.65. The van der Waals surface area contributed by atoms with E-state index in [0.717, 1.165) is 22.5 Å². The number of anilines is 1. The van der Waals surface area contributed by atoms with Gasteiger partial charge in [0.1, 0.15) is 17.6 Å². The Bertz CT molecular complexity index is 460. The molecule has 0 aliphatic rings. The lowest BCUT2D eigenvalue weighted by Gasteiger charge is -2.10. The van der Waals surface area contributed by atoms with Crippen molar-refractivity contribution in [2.75, 3.05) is 19.0 Å². The van der Waals surface area contributed by atoms with Crippen molar-refractivity contribution in [1.29, 1.82) is 0 Å². The number of hydrogen-bond donors (Lipinski definition) is 0. The Morgan fingerprint density at radius 3 is 2.80 bits per heavy atom. The first-order valence-corrected chi connectivity index (χ1v) is 4.72. The molecule has 0 fully saturated rings. The average molecular weight is 201 g/mol. The summed E-state index contributed by atoms with van der Waals surface area (Å²) in [5.74, 6) is 0. The minimum atomic E-state index is 0.852. The molecule has 1 radical (unpaired) electrons. The van der Waals surface area contributed by atoms with E-state index in [4.69, 9.17) is 4.52 Å². The molecule has 0 bridgehead atoms. The van der Waals surface area contributed by atoms with E-state index in [-0.39, 0.29) is 0 Å². The van der Waals surface area contributed by atoms with Gasteiger partial charge in [0.2, 0.25) is 0 Å². The zero-order chi connectivity index (χ0) is 10.8. The van der Waals surface area contributed by atoms with Gasteiger partial charge in [-0.3, -0.25) is 0 Å². The molecule has 0 aliphatic carbocycles. The maximum atomic E-state index is 4.99. The minimum absolute atomic E-state index is 0.852. The zero-order valence-corrected chi connectivity index (χ0v) is 8.90. The van der Waals surface area contributed by atoms with Crippen molar-refractivity contribution >= 4 is 5.69 Å². The molecule has 1 aromatic carbocycles. The molecule has 0 saturated carbocycles. The lowest BCUT2D eigenvalue weighted by atomic mass is 10.1. The maximum absolute atomic E-state index is 4.99. The normalized spacial score (nSPS) is 10.3. The van der Waals surface area contributed by atoms with Crippen LogP contribution in [0.3, 0.4) is 0 Å². The molecule has 1 heterocycles. The van der Waals surface area contributed by atoms with E-state index in [0.29, 0.717) is 0 Å². The Balaban J connectivity index is 2.49. The third-order valence-electron chi connectivity index (χ3n) is 2.23. The first-order valence-electron chi connectivity index (χ1n) is 4.72. The van der Waals surface area contributed by atoms with Gasteiger partial charge >= 0.3 is 0 Å². The molecule has 77 valence electrons. The highest BCUT2D eigenvalue weighted by atomic mass is 16.5. The Hall–Kier alpha value is -1.77. The summed E-state index contributed by atoms with van der Waals surface area (Å²) in [4.78, 5) is 1.97. The lowest BCUT2D eigenvalue weighted by Crippen LogP contribution is -2.08. The van der Waals surface area contributed by atoms with Crippen LogP contribution in [-0.4, -0.2) is 19.3 Å². The summed E-state index contributed by atoms with van der Waals surface area (Å²) >= 11 is 0. The molecule has 2 aromatic rings. The van der Waals surface area contributed by atoms with E-state index < -0.39 is 0 Å². The minimum Gasteiger partial charge on any atom is -0.373 e. The van der Waals surface area contributed by atoms with Crippen molar-refractivity contribution in [2.24, 2.45) is 0 Å². The van der Waals surface area contributed by atoms with Gasteiger partial charge in [0.15, 0.2) is 0 Å². The Labute approximate surface area is 89.3 Å². The van der Waals surface area contributed by atoms with Crippen LogP contribution in [0.5, 0.6) is 0 Å². The van der Waals surface area contributed by atoms with Gasteiger partial charge in [0.25, 0.3) is 0 Å². The molecule has 3 nitrogen and oxygen atoms in total. The summed E-state index contributed by atoms with van der Waals surface area (Å²) in [5, 5.41) is 4.00. The van der Waals surface area contributed by atoms with Crippen LogP contribution in [0.1, 0.15) is 5.56 Å². The highest BCUT2D eigenvalue weighted by Crippen LogP contribution is 2.28. The monoisotopic (exact) mass is 201 g/mol. The van der Waals surface area contributed by atoms with Gasteiger partial charge in [-0.25, -0.2) is 0 Å². The fourth-order valence-corrected chi connectivity index (χ4v) is 1.47. The van der Waals surface area contributed by atoms with E-state index in [1.54, 1.807) is 6.26 Å². The van der Waals surface area contributed by atoms with Crippen molar-refractivity contribution in [2.45, 2.75) is 0 Å². The summed E-state index contributed by atoms with van der Waals surface area (Å²) in [6.07, 6.45) is 1.64. The molecular formula is C12H13N2O. The highest BCUT2D eigenvalue weighted by molar-refractivity contribution is 5.74. The van der Waals surface area contributed by atoms with Gasteiger partial charge in [-0.05, 0) is 18.6 Å². The van der Waals surface area contributed by atoms with Crippen molar-refractivity contribution in [1.82, 2.24) is 5.16 Å². The second-order valence-corrected chi connectivity index (χ2v) is 3.64. The molecule has 0 aliphatic heterocycles. The van der Waals surface area contributed by atoms with E-state index in [2.05, 4.69) is 12.1 Å². The third kappa shape index (κ3) is 1.86. The summed E-state index contributed by atoms with van der Waals surface area (Å²) in [7, 11) is 3.92. The van der Waals surface area contributed by atoms with Crippen molar-refractivity contribution in [3.8, 4) is 11.3 Å². The van der Waals surface area contributed by atoms with Crippen LogP contribution in [0.25, 0.3) is 11.3 Å². The van der Waals surface area contributed by atoms with Gasteiger partial charge in [0, 0.05) is 19.7 Å². The molecule has 0 saturated heterocycles. The fraction of sp³-hybridized carbons (Fsp3) is 0.167. The Morgan fingerprint density at radius 1 is 1.33 bits per heavy atom. The lowest BCUT2D eigenvalue weighted by molar-refractivity contribution is 0.422. The standard InChI is InChI=1S/C12H13N2O/c1-9-5-4-6-10(7-9)12-11(14(2)3)8-15-13-12/h4-8H,1H2,2-3H3. The highest BCUT2D eigenvalue weighted by Gasteiger charge is 2.11. The zero-order valence-electron chi connectivity index (χ0n) is 8.90. The predicted octanol–water partition coefficient (Wildman–Crippen LogP) is 2.59. The van der Waals surface area contributed by atoms with Crippen molar-refractivity contribution in [3.63, 3.8) is 0 Å². The molecule has 2 rings (SSSR count). The van der Waals surface area contributed by atoms with Crippen LogP contribution in [0.15, 0.2) is 35.1 Å². The quantitative estimate of drug-likeness (QED) is 0.747. The first-order chi connectivity index (χ1) is 7.18. The smallest absolute Gasteiger partial charge is 0.147 e. The van der Waals surface area contributed by atoms with Crippen LogP contribution in [-0.2, 0) is 0 Å². The first kappa shape index (κ1) is 9.77. The molecule has 0 atom stereocenters. The number of aromatic nitrogens is 1. The van der Waals surface area contributed by atoms with Crippen LogP contribution in [0.4, 0.5) is 5.69 Å². The summed E-state index contributed by atoms with van der Waals surface area (Å²) in [6, 6.07) is 7.91. The molecule has 1 aromatic heterocycles. The SMILES string of the molecule is [CH2]c1cccc(-c2nocc2N(C)C)c1. The van der Waals surface area contributed by atoms with E-state index in [1.807, 2.05) is 43.3 Å². The summed E-state index contributed by atoms with van der Waals surface area (Å²) in [6.45, 7) is 3.89. The number of hydrogen-bond acceptors (Lipinski definition) is 3. The van der Waals surface area contributed by atoms with Crippen LogP contribution in [0.2, 0.25) is 0 Å². The van der Waals surface area contributed by atoms with Crippen molar-refractivity contribution in [3.05, 3.63) is 43.0 Å². The van der Waals surface area contributed by atoms with E-state index in [9.17, 15) is 0 Å². The largest absolute Gasteiger partial charge is 0.373 e. The molecule has 3 heteroatoms. The molecule has 0 spiro atoms. The fourth-order valence-electron chi connectivity index (χ4n) is 1.47. The summed E-state index contributed by atoms with van der Waals surface area (Å²) in [5.41, 5.74) is 3.83. The van der Waals surface area contributed by atoms with Gasteiger partial charge < -0.3 is 9.42 Å². The van der Waals surface area contributed by atoms with Crippen LogP contribution in [0, 0.1) is 6.92 Å². The van der Waals surface area contributed by atoms with Crippen LogP contribution < -0.4 is 4.90 Å². The van der Waals surface area contributed by atoms with Gasteiger partial charge in [0.05, 0.1) is 0 Å². The van der Waals surface area contributed by atoms with Gasteiger partial charge in [-0.15, -0.1) is 0 Å². The van der Waals surface area contributed by atoms with Gasteiger partial charge in [-0.1, -0.05) is 23.4 Å². The van der Waals surface area contributed by atoms with E-state index >= 15 is 0 Å². The molecule has 0 unspecified atom stereocenters. The molecule has 0 amide bonds. The number of benzene rings is 1. The van der Waals surface area contributed by atoms with Crippen molar-refractivity contribution < 1.29 is 4.52 Å². The topological polar surface area (TPSA) is 29.3 Å². The second kappa shape index (κ2) is 3.77. The van der Waals surface area contributed by atoms with E-state index in [1.165, 1.54) is 0 Å². The number of nitrogens with zero attached hydrogens (tertiary/aromatic N) is 2. The second-order valence-electron chi connectivity index (χ2n) is 3.64. The molecule has 15 heavy (non-hydrogen) atoms. The molecule has 0 N–H and O–H groups in total. The van der Waals surface area contributed by atoms with Gasteiger partial charge in [-0.2, -0.15) is 0 Å². The Kier molecular flexibility index (Phi) is 2.46. The molecular weight excluding hydrogens is 188 g/mol. The third-order valence-corrected chi connectivity index (χ3v) is 2.23. The Morgan fingerprint density at radius 2 is 2.13 bits per heavy atom. The maximum Gasteiger partial charge on any atom is 0.147 e. The summed E-state index contributed by atoms with van der Waals surface area (Å²) < 4.78 is 4.99. The van der Waals surface area contributed by atoms with Crippen LogP contribution >= 0.6 is 0 Å². The number of rotatable bonds is 2. The predicted molar refractivity (Wildman–Crippen MR) is 60.7 cm³/mol.